The van der Waals surface area contributed by atoms with Crippen molar-refractivity contribution in [3.63, 3.8) is 0 Å². The van der Waals surface area contributed by atoms with Gasteiger partial charge in [-0.1, -0.05) is 0 Å². The molecule has 0 aromatic heterocycles. The molecule has 0 amide bonds. The van der Waals surface area contributed by atoms with Gasteiger partial charge in [0.2, 0.25) is 0 Å². The summed E-state index contributed by atoms with van der Waals surface area (Å²) in [7, 11) is 0. The zero-order chi connectivity index (χ0) is 0. The number of hydrogen-bond acceptors (Lipinski definition) is 0. The Hall–Kier alpha value is 2.81. The standard InChI is InChI=1S/2Co.2Ni.9O.2V/q4*+2;9*-2;2*+5. The van der Waals surface area contributed by atoms with Crippen molar-refractivity contribution >= 4 is 0 Å². The Morgan fingerprint density at radius 1 is 0.267 bits per heavy atom. The van der Waals surface area contributed by atoms with E-state index in [0.717, 1.165) is 0 Å². The molecule has 0 spiro atoms. The first-order chi connectivity index (χ1) is 0. The van der Waals surface area contributed by atoms with Crippen molar-refractivity contribution in [2.75, 3.05) is 0 Å². The molecule has 15 heteroatoms. The van der Waals surface area contributed by atoms with E-state index in [9.17, 15) is 0 Å². The van der Waals surface area contributed by atoms with Crippen molar-refractivity contribution in [3.8, 4) is 0 Å². The Labute approximate surface area is 151 Å². The van der Waals surface area contributed by atoms with Crippen LogP contribution >= 0.6 is 0 Å². The fourth-order valence-electron chi connectivity index (χ4n) is 0. The van der Waals surface area contributed by atoms with E-state index in [2.05, 4.69) is 0 Å². The summed E-state index contributed by atoms with van der Waals surface area (Å²) in [5.41, 5.74) is 0. The Bertz CT molecular complexity index is 24.1. The molecule has 0 aromatic rings. The van der Waals surface area contributed by atoms with E-state index in [-0.39, 0.29) is 153 Å². The molecule has 0 heterocycles. The van der Waals surface area contributed by atoms with E-state index in [4.69, 9.17) is 0 Å². The summed E-state index contributed by atoms with van der Waals surface area (Å²) in [6.45, 7) is 0. The van der Waals surface area contributed by atoms with E-state index in [1.165, 1.54) is 0 Å². The molecule has 0 fully saturated rings. The van der Waals surface area contributed by atoms with Crippen LogP contribution in [-0.2, 0) is 153 Å². The van der Waals surface area contributed by atoms with Gasteiger partial charge in [-0.15, -0.1) is 0 Å². The summed E-state index contributed by atoms with van der Waals surface area (Å²) in [4.78, 5) is 0. The van der Waals surface area contributed by atoms with Gasteiger partial charge in [-0.2, -0.15) is 0 Å². The minimum atomic E-state index is 0. The second-order valence-corrected chi connectivity index (χ2v) is 0. The monoisotopic (exact) mass is 480 g/mol. The molecule has 0 saturated heterocycles. The van der Waals surface area contributed by atoms with Gasteiger partial charge in [0.1, 0.15) is 0 Å². The van der Waals surface area contributed by atoms with Crippen molar-refractivity contribution in [2.24, 2.45) is 0 Å². The molecule has 0 aliphatic heterocycles. The minimum Gasteiger partial charge on any atom is -2.00 e. The van der Waals surface area contributed by atoms with Gasteiger partial charge in [-0.3, -0.25) is 0 Å². The molecule has 2 radical (unpaired) electrons. The summed E-state index contributed by atoms with van der Waals surface area (Å²) in [6, 6.07) is 0. The molecule has 0 saturated carbocycles. The molecule has 102 valence electrons. The third kappa shape index (κ3) is 467. The van der Waals surface area contributed by atoms with E-state index in [0.29, 0.717) is 0 Å². The predicted octanol–water partition coefficient (Wildman–Crippen LogP) is -1.08. The summed E-state index contributed by atoms with van der Waals surface area (Å²) >= 11 is 0. The molecule has 0 rings (SSSR count). The summed E-state index contributed by atoms with van der Waals surface area (Å²) in [5, 5.41) is 0. The smallest absolute Gasteiger partial charge is 2.00 e. The topological polar surface area (TPSA) is 256 Å². The molecule has 0 atom stereocenters. The van der Waals surface area contributed by atoms with Gasteiger partial charge < -0.3 is 49.3 Å². The van der Waals surface area contributed by atoms with Crippen molar-refractivity contribution < 1.29 is 153 Å². The molecule has 0 unspecified atom stereocenters. The SMILES string of the molecule is [Co+2].[Co+2].[Ni+2].[Ni+2].[O-2].[O-2].[O-2].[O-2].[O-2].[O-2].[O-2].[O-2].[O-2].[V+5].[V+5]. The fraction of sp³-hybridized carbons (Fsp3) is 0. The summed E-state index contributed by atoms with van der Waals surface area (Å²) in [5.74, 6) is 0. The van der Waals surface area contributed by atoms with Crippen LogP contribution in [0.2, 0.25) is 0 Å². The van der Waals surface area contributed by atoms with Crippen molar-refractivity contribution in [1.29, 1.82) is 0 Å². The van der Waals surface area contributed by atoms with Crippen LogP contribution in [0, 0.1) is 0 Å². The van der Waals surface area contributed by atoms with Gasteiger partial charge in [0, 0.05) is 0 Å². The van der Waals surface area contributed by atoms with Crippen molar-refractivity contribution in [3.05, 3.63) is 0 Å². The molecule has 0 aliphatic carbocycles. The van der Waals surface area contributed by atoms with E-state index in [1.54, 1.807) is 0 Å². The summed E-state index contributed by atoms with van der Waals surface area (Å²) in [6.07, 6.45) is 0. The third-order valence-corrected chi connectivity index (χ3v) is 0. The molecular formula is Co2Ni2O9V2. The zero-order valence-corrected chi connectivity index (χ0v) is 12.7. The molecule has 15 heavy (non-hydrogen) atoms. The summed E-state index contributed by atoms with van der Waals surface area (Å²) < 4.78 is 0. The Balaban J connectivity index is 0. The largest absolute Gasteiger partial charge is 5.00 e. The van der Waals surface area contributed by atoms with Gasteiger partial charge >= 0.3 is 104 Å². The van der Waals surface area contributed by atoms with Crippen molar-refractivity contribution in [1.82, 2.24) is 0 Å². The van der Waals surface area contributed by atoms with Gasteiger partial charge in [-0.25, -0.2) is 0 Å². The van der Waals surface area contributed by atoms with Crippen LogP contribution in [-0.4, -0.2) is 0 Å². The van der Waals surface area contributed by atoms with Crippen LogP contribution in [0.1, 0.15) is 0 Å². The first-order valence-corrected chi connectivity index (χ1v) is 0. The van der Waals surface area contributed by atoms with Crippen LogP contribution in [0.4, 0.5) is 0 Å². The molecule has 0 bridgehead atoms. The predicted molar refractivity (Wildman–Crippen MR) is 6.18 cm³/mol. The zero-order valence-electron chi connectivity index (χ0n) is 5.87. The first-order valence-electron chi connectivity index (χ1n) is 0. The van der Waals surface area contributed by atoms with Crippen LogP contribution in [0.3, 0.4) is 0 Å². The normalized spacial score (nSPS) is 0. The number of rotatable bonds is 0. The Morgan fingerprint density at radius 3 is 0.267 bits per heavy atom. The maximum absolute atomic E-state index is 0. The van der Waals surface area contributed by atoms with Crippen LogP contribution in [0.5, 0.6) is 0 Å². The molecular weight excluding hydrogens is 481 g/mol. The van der Waals surface area contributed by atoms with Gasteiger partial charge in [0.25, 0.3) is 0 Å². The molecule has 0 aromatic carbocycles. The van der Waals surface area contributed by atoms with Gasteiger partial charge in [0.15, 0.2) is 0 Å². The van der Waals surface area contributed by atoms with Crippen molar-refractivity contribution in [2.45, 2.75) is 0 Å². The number of hydrogen-bond donors (Lipinski definition) is 0. The maximum atomic E-state index is 0. The average molecular weight is 481 g/mol. The Kier molecular flexibility index (Phi) is 22600. The van der Waals surface area contributed by atoms with E-state index < -0.39 is 0 Å². The Morgan fingerprint density at radius 2 is 0.267 bits per heavy atom. The van der Waals surface area contributed by atoms with Crippen LogP contribution in [0.25, 0.3) is 0 Å². The van der Waals surface area contributed by atoms with Gasteiger partial charge in [0.05, 0.1) is 0 Å². The molecule has 9 nitrogen and oxygen atoms in total. The first kappa shape index (κ1) is 638. The average Bonchev–Trinajstić information content (AvgIpc) is 0. The van der Waals surface area contributed by atoms with Crippen LogP contribution in [0.15, 0.2) is 0 Å². The third-order valence-electron chi connectivity index (χ3n) is 0. The fourth-order valence-corrected chi connectivity index (χ4v) is 0. The van der Waals surface area contributed by atoms with Crippen LogP contribution < -0.4 is 0 Å². The second kappa shape index (κ2) is 532. The van der Waals surface area contributed by atoms with Gasteiger partial charge in [-0.05, 0) is 0 Å². The maximum Gasteiger partial charge on any atom is 5.00 e. The minimum absolute atomic E-state index is 0. The quantitative estimate of drug-likeness (QED) is 0.374. The molecule has 0 N–H and O–H groups in total. The van der Waals surface area contributed by atoms with E-state index >= 15 is 0 Å². The van der Waals surface area contributed by atoms with E-state index in [1.807, 2.05) is 0 Å². The molecule has 0 aliphatic rings. The second-order valence-electron chi connectivity index (χ2n) is 0.